The molecule has 0 aliphatic carbocycles. The smallest absolute Gasteiger partial charge is 0.266 e. The fourth-order valence-electron chi connectivity index (χ4n) is 2.31. The van der Waals surface area contributed by atoms with Crippen LogP contribution >= 0.6 is 0 Å². The lowest BCUT2D eigenvalue weighted by molar-refractivity contribution is -0.112. The molecule has 0 atom stereocenters. The van der Waals surface area contributed by atoms with Crippen molar-refractivity contribution in [1.29, 1.82) is 5.26 Å². The van der Waals surface area contributed by atoms with E-state index in [1.54, 1.807) is 49.6 Å². The molecule has 0 saturated heterocycles. The Bertz CT molecular complexity index is 934. The molecule has 142 valence electrons. The van der Waals surface area contributed by atoms with E-state index >= 15 is 0 Å². The van der Waals surface area contributed by atoms with Crippen molar-refractivity contribution < 1.29 is 19.0 Å². The highest BCUT2D eigenvalue weighted by molar-refractivity contribution is 6.09. The molecular weight excluding hydrogens is 356 g/mol. The van der Waals surface area contributed by atoms with Crippen molar-refractivity contribution in [3.63, 3.8) is 0 Å². The highest BCUT2D eigenvalue weighted by Gasteiger charge is 2.11. The predicted molar refractivity (Wildman–Crippen MR) is 107 cm³/mol. The van der Waals surface area contributed by atoms with Gasteiger partial charge in [0.1, 0.15) is 24.0 Å². The number of hydrogen-bond donors (Lipinski definition) is 1. The zero-order valence-electron chi connectivity index (χ0n) is 15.7. The first-order valence-electron chi connectivity index (χ1n) is 8.51. The molecule has 2 aromatic carbocycles. The van der Waals surface area contributed by atoms with Crippen molar-refractivity contribution >= 4 is 17.7 Å². The van der Waals surface area contributed by atoms with Crippen LogP contribution < -0.4 is 19.5 Å². The van der Waals surface area contributed by atoms with Crippen LogP contribution in [-0.4, -0.2) is 26.2 Å². The summed E-state index contributed by atoms with van der Waals surface area (Å²) in [5.74, 6) is 3.53. The first-order chi connectivity index (χ1) is 13.6. The monoisotopic (exact) mass is 376 g/mol. The van der Waals surface area contributed by atoms with Gasteiger partial charge in [0.25, 0.3) is 5.91 Å². The number of carbonyl (C=O) groups excluding carboxylic acids is 1. The minimum absolute atomic E-state index is 0.0458. The third kappa shape index (κ3) is 5.55. The van der Waals surface area contributed by atoms with Gasteiger partial charge in [-0.05, 0) is 55.0 Å². The molecule has 0 aromatic heterocycles. The van der Waals surface area contributed by atoms with Crippen LogP contribution in [0.2, 0.25) is 0 Å². The number of anilines is 1. The summed E-state index contributed by atoms with van der Waals surface area (Å²) < 4.78 is 16.1. The number of terminal acetylenes is 1. The van der Waals surface area contributed by atoms with E-state index in [1.807, 2.05) is 13.0 Å². The number of benzene rings is 2. The molecule has 0 aliphatic rings. The highest BCUT2D eigenvalue weighted by Crippen LogP contribution is 2.29. The van der Waals surface area contributed by atoms with Crippen LogP contribution in [0, 0.1) is 23.7 Å². The molecule has 0 spiro atoms. The Morgan fingerprint density at radius 3 is 2.54 bits per heavy atom. The zero-order chi connectivity index (χ0) is 20.4. The number of ether oxygens (including phenoxy) is 3. The molecule has 0 aliphatic heterocycles. The van der Waals surface area contributed by atoms with Crippen molar-refractivity contribution in [3.8, 4) is 35.7 Å². The summed E-state index contributed by atoms with van der Waals surface area (Å²) in [7, 11) is 1.56. The fourth-order valence-corrected chi connectivity index (χ4v) is 2.31. The van der Waals surface area contributed by atoms with Gasteiger partial charge in [-0.15, -0.1) is 6.42 Å². The first-order valence-corrected chi connectivity index (χ1v) is 8.51. The molecule has 6 heteroatoms. The summed E-state index contributed by atoms with van der Waals surface area (Å²) in [5, 5.41) is 12.1. The fraction of sp³-hybridized carbons (Fsp3) is 0.182. The van der Waals surface area contributed by atoms with Gasteiger partial charge in [0, 0.05) is 5.69 Å². The van der Waals surface area contributed by atoms with Gasteiger partial charge in [0.05, 0.1) is 13.7 Å². The summed E-state index contributed by atoms with van der Waals surface area (Å²) in [4.78, 5) is 12.4. The highest BCUT2D eigenvalue weighted by atomic mass is 16.5. The number of hydrogen-bond acceptors (Lipinski definition) is 5. The Morgan fingerprint density at radius 2 is 1.93 bits per heavy atom. The number of methoxy groups -OCH3 is 1. The molecule has 2 aromatic rings. The van der Waals surface area contributed by atoms with E-state index in [2.05, 4.69) is 11.2 Å². The number of amides is 1. The maximum atomic E-state index is 12.4. The number of nitriles is 1. The Balaban J connectivity index is 2.22. The van der Waals surface area contributed by atoms with Crippen LogP contribution in [0.5, 0.6) is 17.2 Å². The van der Waals surface area contributed by atoms with E-state index in [0.717, 1.165) is 0 Å². The number of nitrogens with one attached hydrogen (secondary N) is 1. The maximum absolute atomic E-state index is 12.4. The molecule has 0 fully saturated rings. The van der Waals surface area contributed by atoms with Crippen LogP contribution in [0.15, 0.2) is 48.0 Å². The Morgan fingerprint density at radius 1 is 1.18 bits per heavy atom. The van der Waals surface area contributed by atoms with Gasteiger partial charge in [0.2, 0.25) is 0 Å². The first kappa shape index (κ1) is 20.4. The van der Waals surface area contributed by atoms with E-state index in [-0.39, 0.29) is 12.2 Å². The second kappa shape index (κ2) is 10.3. The lowest BCUT2D eigenvalue weighted by Crippen LogP contribution is -2.13. The van der Waals surface area contributed by atoms with Crippen molar-refractivity contribution in [2.24, 2.45) is 0 Å². The van der Waals surface area contributed by atoms with Crippen LogP contribution in [0.4, 0.5) is 5.69 Å². The van der Waals surface area contributed by atoms with E-state index in [0.29, 0.717) is 35.1 Å². The average molecular weight is 376 g/mol. The van der Waals surface area contributed by atoms with E-state index < -0.39 is 5.91 Å². The second-order valence-electron chi connectivity index (χ2n) is 5.48. The molecule has 0 unspecified atom stereocenters. The van der Waals surface area contributed by atoms with Gasteiger partial charge in [-0.25, -0.2) is 0 Å². The summed E-state index contributed by atoms with van der Waals surface area (Å²) in [6, 6.07) is 13.8. The largest absolute Gasteiger partial charge is 0.497 e. The third-order valence-corrected chi connectivity index (χ3v) is 3.60. The summed E-state index contributed by atoms with van der Waals surface area (Å²) in [6.07, 6.45) is 6.69. The topological polar surface area (TPSA) is 80.6 Å². The zero-order valence-corrected chi connectivity index (χ0v) is 15.7. The van der Waals surface area contributed by atoms with Gasteiger partial charge >= 0.3 is 0 Å². The molecule has 0 saturated carbocycles. The van der Waals surface area contributed by atoms with Crippen LogP contribution in [0.1, 0.15) is 12.5 Å². The average Bonchev–Trinajstić information content (AvgIpc) is 2.72. The minimum Gasteiger partial charge on any atom is -0.497 e. The van der Waals surface area contributed by atoms with Gasteiger partial charge in [0.15, 0.2) is 11.5 Å². The third-order valence-electron chi connectivity index (χ3n) is 3.60. The van der Waals surface area contributed by atoms with Gasteiger partial charge in [-0.1, -0.05) is 12.0 Å². The van der Waals surface area contributed by atoms with Crippen molar-refractivity contribution in [2.75, 3.05) is 25.6 Å². The van der Waals surface area contributed by atoms with E-state index in [4.69, 9.17) is 20.6 Å². The molecule has 2 rings (SSSR count). The van der Waals surface area contributed by atoms with Gasteiger partial charge in [-0.2, -0.15) is 5.26 Å². The Labute approximate surface area is 164 Å². The van der Waals surface area contributed by atoms with Crippen molar-refractivity contribution in [2.45, 2.75) is 6.92 Å². The molecular formula is C22H20N2O4. The molecule has 1 amide bonds. The molecule has 0 heterocycles. The van der Waals surface area contributed by atoms with E-state index in [1.165, 1.54) is 6.08 Å². The van der Waals surface area contributed by atoms with Crippen LogP contribution in [0.3, 0.4) is 0 Å². The summed E-state index contributed by atoms with van der Waals surface area (Å²) >= 11 is 0. The molecule has 6 nitrogen and oxygen atoms in total. The van der Waals surface area contributed by atoms with Crippen LogP contribution in [0.25, 0.3) is 6.08 Å². The Hall–Kier alpha value is -3.90. The number of carbonyl (C=O) groups is 1. The van der Waals surface area contributed by atoms with Gasteiger partial charge < -0.3 is 19.5 Å². The number of nitrogens with zero attached hydrogens (tertiary/aromatic N) is 1. The molecule has 0 bridgehead atoms. The minimum atomic E-state index is -0.515. The SMILES string of the molecule is C#CCOc1ccc(/C=C(/C#N)C(=O)Nc2ccc(OC)cc2)cc1OCC. The quantitative estimate of drug-likeness (QED) is 0.432. The normalized spacial score (nSPS) is 10.4. The van der Waals surface area contributed by atoms with Gasteiger partial charge in [-0.3, -0.25) is 4.79 Å². The Kier molecular flexibility index (Phi) is 7.51. The maximum Gasteiger partial charge on any atom is 0.266 e. The predicted octanol–water partition coefficient (Wildman–Crippen LogP) is 3.65. The van der Waals surface area contributed by atoms with E-state index in [9.17, 15) is 10.1 Å². The second-order valence-corrected chi connectivity index (χ2v) is 5.48. The molecule has 0 radical (unpaired) electrons. The summed E-state index contributed by atoms with van der Waals surface area (Å²) in [6.45, 7) is 2.39. The summed E-state index contributed by atoms with van der Waals surface area (Å²) in [5.41, 5.74) is 1.13. The standard InChI is InChI=1S/C22H20N2O4/c1-4-12-28-20-11-6-16(14-21(20)27-5-2)13-17(15-23)22(25)24-18-7-9-19(26-3)10-8-18/h1,6-11,13-14H,5,12H2,2-3H3,(H,24,25)/b17-13-. The number of rotatable bonds is 8. The lowest BCUT2D eigenvalue weighted by atomic mass is 10.1. The van der Waals surface area contributed by atoms with Crippen molar-refractivity contribution in [3.05, 3.63) is 53.6 Å². The van der Waals surface area contributed by atoms with Crippen LogP contribution in [-0.2, 0) is 4.79 Å². The van der Waals surface area contributed by atoms with Crippen molar-refractivity contribution in [1.82, 2.24) is 0 Å². The molecule has 1 N–H and O–H groups in total. The molecule has 28 heavy (non-hydrogen) atoms. The lowest BCUT2D eigenvalue weighted by Gasteiger charge is -2.11.